The Morgan fingerprint density at radius 2 is 1.62 bits per heavy atom. The van der Waals surface area contributed by atoms with E-state index in [1.54, 1.807) is 0 Å². The third kappa shape index (κ3) is 4.97. The number of amides is 2. The van der Waals surface area contributed by atoms with Crippen molar-refractivity contribution in [3.05, 3.63) is 71.3 Å². The van der Waals surface area contributed by atoms with Gasteiger partial charge in [0, 0.05) is 36.7 Å². The summed E-state index contributed by atoms with van der Waals surface area (Å²) < 4.78 is 0. The molecule has 1 aliphatic rings. The molecule has 0 bridgehead atoms. The summed E-state index contributed by atoms with van der Waals surface area (Å²) in [5.74, 6) is 5.18. The van der Waals surface area contributed by atoms with Crippen LogP contribution in [0, 0.1) is 11.8 Å². The van der Waals surface area contributed by atoms with Gasteiger partial charge in [0.05, 0.1) is 0 Å². The number of rotatable bonds is 3. The number of benzene rings is 2. The molecule has 0 saturated carbocycles. The molecule has 4 nitrogen and oxygen atoms in total. The van der Waals surface area contributed by atoms with Crippen LogP contribution in [0.2, 0.25) is 0 Å². The van der Waals surface area contributed by atoms with Crippen LogP contribution in [0.4, 0.5) is 0 Å². The van der Waals surface area contributed by atoms with Crippen molar-refractivity contribution >= 4 is 11.8 Å². The van der Waals surface area contributed by atoms with E-state index in [1.165, 1.54) is 6.42 Å². The van der Waals surface area contributed by atoms with E-state index in [0.717, 1.165) is 37.1 Å². The summed E-state index contributed by atoms with van der Waals surface area (Å²) in [7, 11) is 0. The summed E-state index contributed by atoms with van der Waals surface area (Å²) >= 11 is 0. The van der Waals surface area contributed by atoms with Gasteiger partial charge in [-0.3, -0.25) is 9.59 Å². The van der Waals surface area contributed by atoms with Gasteiger partial charge in [-0.1, -0.05) is 36.3 Å². The van der Waals surface area contributed by atoms with E-state index in [-0.39, 0.29) is 11.8 Å². The van der Waals surface area contributed by atoms with Gasteiger partial charge in [0.15, 0.2) is 0 Å². The highest BCUT2D eigenvalue weighted by atomic mass is 16.2. The van der Waals surface area contributed by atoms with Crippen molar-refractivity contribution in [2.24, 2.45) is 0 Å². The lowest BCUT2D eigenvalue weighted by Crippen LogP contribution is -2.35. The van der Waals surface area contributed by atoms with E-state index in [0.29, 0.717) is 12.1 Å². The Hall–Kier alpha value is -3.06. The van der Waals surface area contributed by atoms with Crippen LogP contribution in [0.3, 0.4) is 0 Å². The van der Waals surface area contributed by atoms with Gasteiger partial charge < -0.3 is 10.2 Å². The second-order valence-electron chi connectivity index (χ2n) is 6.35. The minimum absolute atomic E-state index is 0.0917. The molecule has 132 valence electrons. The molecule has 1 saturated heterocycles. The van der Waals surface area contributed by atoms with Gasteiger partial charge in [-0.2, -0.15) is 0 Å². The molecule has 1 heterocycles. The quantitative estimate of drug-likeness (QED) is 0.869. The summed E-state index contributed by atoms with van der Waals surface area (Å²) in [6.07, 6.45) is 3.37. The zero-order chi connectivity index (χ0) is 18.2. The number of piperidine rings is 1. The van der Waals surface area contributed by atoms with E-state index in [4.69, 9.17) is 0 Å². The summed E-state index contributed by atoms with van der Waals surface area (Å²) in [6.45, 7) is 2.08. The zero-order valence-corrected chi connectivity index (χ0v) is 14.7. The smallest absolute Gasteiger partial charge is 0.296 e. The minimum atomic E-state index is -0.317. The third-order valence-electron chi connectivity index (χ3n) is 4.39. The molecule has 0 aliphatic carbocycles. The number of hydrogen-bond acceptors (Lipinski definition) is 2. The molecule has 2 aromatic carbocycles. The molecule has 3 rings (SSSR count). The Morgan fingerprint density at radius 3 is 2.31 bits per heavy atom. The molecule has 0 unspecified atom stereocenters. The van der Waals surface area contributed by atoms with Crippen molar-refractivity contribution in [2.45, 2.75) is 25.8 Å². The second kappa shape index (κ2) is 8.87. The topological polar surface area (TPSA) is 49.4 Å². The minimum Gasteiger partial charge on any atom is -0.341 e. The van der Waals surface area contributed by atoms with Crippen molar-refractivity contribution in [3.8, 4) is 11.8 Å². The predicted molar refractivity (Wildman–Crippen MR) is 101 cm³/mol. The predicted octanol–water partition coefficient (Wildman–Crippen LogP) is 2.98. The highest BCUT2D eigenvalue weighted by molar-refractivity contribution is 5.95. The number of carbonyl (C=O) groups is 2. The first-order valence-electron chi connectivity index (χ1n) is 8.95. The maximum absolute atomic E-state index is 12.4. The van der Waals surface area contributed by atoms with Crippen LogP contribution in [0.1, 0.15) is 40.7 Å². The number of likely N-dealkylation sites (tertiary alicyclic amines) is 1. The van der Waals surface area contributed by atoms with Crippen molar-refractivity contribution in [3.63, 3.8) is 0 Å². The lowest BCUT2D eigenvalue weighted by Gasteiger charge is -2.26. The largest absolute Gasteiger partial charge is 0.341 e. The average Bonchev–Trinajstić information content (AvgIpc) is 2.72. The van der Waals surface area contributed by atoms with Crippen LogP contribution in [0.15, 0.2) is 54.6 Å². The SMILES string of the molecule is O=C(C#Cc1ccccc1)NCc1ccc(C(=O)N2CCCCC2)cc1. The summed E-state index contributed by atoms with van der Waals surface area (Å²) in [6, 6.07) is 16.8. The summed E-state index contributed by atoms with van der Waals surface area (Å²) in [5, 5.41) is 2.77. The zero-order valence-electron chi connectivity index (χ0n) is 14.7. The van der Waals surface area contributed by atoms with Gasteiger partial charge in [0.1, 0.15) is 0 Å². The second-order valence-corrected chi connectivity index (χ2v) is 6.35. The van der Waals surface area contributed by atoms with E-state index >= 15 is 0 Å². The average molecular weight is 346 g/mol. The maximum atomic E-state index is 12.4. The Kier molecular flexibility index (Phi) is 6.05. The van der Waals surface area contributed by atoms with Gasteiger partial charge in [0.2, 0.25) is 0 Å². The van der Waals surface area contributed by atoms with Gasteiger partial charge in [-0.05, 0) is 49.1 Å². The first kappa shape index (κ1) is 17.8. The molecule has 1 aliphatic heterocycles. The van der Waals surface area contributed by atoms with Crippen molar-refractivity contribution in [1.82, 2.24) is 10.2 Å². The maximum Gasteiger partial charge on any atom is 0.296 e. The normalized spacial score (nSPS) is 13.5. The monoisotopic (exact) mass is 346 g/mol. The van der Waals surface area contributed by atoms with Crippen LogP contribution in [-0.4, -0.2) is 29.8 Å². The summed E-state index contributed by atoms with van der Waals surface area (Å²) in [5.41, 5.74) is 2.45. The van der Waals surface area contributed by atoms with Crippen molar-refractivity contribution < 1.29 is 9.59 Å². The molecule has 2 amide bonds. The van der Waals surface area contributed by atoms with Crippen molar-refractivity contribution in [1.29, 1.82) is 0 Å². The van der Waals surface area contributed by atoms with Crippen LogP contribution in [0.25, 0.3) is 0 Å². The number of nitrogens with one attached hydrogen (secondary N) is 1. The first-order chi connectivity index (χ1) is 12.7. The fourth-order valence-corrected chi connectivity index (χ4v) is 2.92. The molecular weight excluding hydrogens is 324 g/mol. The van der Waals surface area contributed by atoms with E-state index < -0.39 is 0 Å². The first-order valence-corrected chi connectivity index (χ1v) is 8.95. The van der Waals surface area contributed by atoms with Crippen LogP contribution >= 0.6 is 0 Å². The molecule has 0 atom stereocenters. The molecule has 4 heteroatoms. The lowest BCUT2D eigenvalue weighted by atomic mass is 10.1. The fraction of sp³-hybridized carbons (Fsp3) is 0.273. The summed E-state index contributed by atoms with van der Waals surface area (Å²) in [4.78, 5) is 26.2. The molecule has 1 N–H and O–H groups in total. The van der Waals surface area contributed by atoms with Gasteiger partial charge in [0.25, 0.3) is 11.8 Å². The number of nitrogens with zero attached hydrogens (tertiary/aromatic N) is 1. The van der Waals surface area contributed by atoms with Crippen LogP contribution < -0.4 is 5.32 Å². The molecule has 0 aromatic heterocycles. The Labute approximate surface area is 154 Å². The third-order valence-corrected chi connectivity index (χ3v) is 4.39. The van der Waals surface area contributed by atoms with E-state index in [2.05, 4.69) is 17.2 Å². The highest BCUT2D eigenvalue weighted by Crippen LogP contribution is 2.13. The highest BCUT2D eigenvalue weighted by Gasteiger charge is 2.17. The standard InChI is InChI=1S/C22H22N2O2/c25-21(14-11-18-7-3-1-4-8-18)23-17-19-9-12-20(13-10-19)22(26)24-15-5-2-6-16-24/h1,3-4,7-10,12-13H,2,5-6,15-17H2,(H,23,25). The molecule has 0 radical (unpaired) electrons. The Morgan fingerprint density at radius 1 is 0.923 bits per heavy atom. The van der Waals surface area contributed by atoms with E-state index in [1.807, 2.05) is 59.5 Å². The Bertz CT molecular complexity index is 811. The fourth-order valence-electron chi connectivity index (χ4n) is 2.92. The number of hydrogen-bond donors (Lipinski definition) is 1. The molecule has 26 heavy (non-hydrogen) atoms. The molecule has 0 spiro atoms. The number of carbonyl (C=O) groups excluding carboxylic acids is 2. The van der Waals surface area contributed by atoms with Gasteiger partial charge in [-0.15, -0.1) is 0 Å². The van der Waals surface area contributed by atoms with Gasteiger partial charge >= 0.3 is 0 Å². The van der Waals surface area contributed by atoms with Crippen molar-refractivity contribution in [2.75, 3.05) is 13.1 Å². The van der Waals surface area contributed by atoms with Crippen LogP contribution in [0.5, 0.6) is 0 Å². The molecule has 1 fully saturated rings. The van der Waals surface area contributed by atoms with Crippen LogP contribution in [-0.2, 0) is 11.3 Å². The molecule has 2 aromatic rings. The van der Waals surface area contributed by atoms with Gasteiger partial charge in [-0.25, -0.2) is 0 Å². The van der Waals surface area contributed by atoms with E-state index in [9.17, 15) is 9.59 Å². The Balaban J connectivity index is 1.52. The molecular formula is C22H22N2O2. The lowest BCUT2D eigenvalue weighted by molar-refractivity contribution is -0.115.